The highest BCUT2D eigenvalue weighted by molar-refractivity contribution is 5.93. The molecule has 0 spiro atoms. The highest BCUT2D eigenvalue weighted by atomic mass is 16.2. The zero-order valence-electron chi connectivity index (χ0n) is 14.2. The molecular formula is C17H27N3O2. The predicted octanol–water partition coefficient (Wildman–Crippen LogP) is 1.72. The Labute approximate surface area is 133 Å². The Hall–Kier alpha value is -1.88. The summed E-state index contributed by atoms with van der Waals surface area (Å²) in [5.41, 5.74) is 7.46. The first-order valence-electron chi connectivity index (χ1n) is 7.62. The molecule has 5 nitrogen and oxygen atoms in total. The maximum atomic E-state index is 12.4. The fraction of sp³-hybridized carbons (Fsp3) is 0.529. The maximum absolute atomic E-state index is 12.4. The Morgan fingerprint density at radius 1 is 1.14 bits per heavy atom. The third kappa shape index (κ3) is 4.56. The predicted molar refractivity (Wildman–Crippen MR) is 88.4 cm³/mol. The van der Waals surface area contributed by atoms with Gasteiger partial charge in [-0.05, 0) is 31.5 Å². The summed E-state index contributed by atoms with van der Waals surface area (Å²) in [4.78, 5) is 27.6. The average molecular weight is 305 g/mol. The lowest BCUT2D eigenvalue weighted by Crippen LogP contribution is -2.41. The molecule has 0 heterocycles. The van der Waals surface area contributed by atoms with Crippen LogP contribution in [0, 0.1) is 5.92 Å². The first-order chi connectivity index (χ1) is 10.3. The third-order valence-electron chi connectivity index (χ3n) is 3.85. The van der Waals surface area contributed by atoms with Crippen LogP contribution in [0.25, 0.3) is 0 Å². The van der Waals surface area contributed by atoms with Gasteiger partial charge in [-0.2, -0.15) is 0 Å². The van der Waals surface area contributed by atoms with Crippen molar-refractivity contribution in [2.24, 2.45) is 11.7 Å². The summed E-state index contributed by atoms with van der Waals surface area (Å²) in [6, 6.07) is 7.21. The van der Waals surface area contributed by atoms with E-state index in [1.165, 1.54) is 0 Å². The lowest BCUT2D eigenvalue weighted by molar-refractivity contribution is -0.135. The first kappa shape index (κ1) is 18.2. The van der Waals surface area contributed by atoms with Crippen molar-refractivity contribution >= 4 is 11.8 Å². The van der Waals surface area contributed by atoms with Gasteiger partial charge in [0.15, 0.2) is 0 Å². The Kier molecular flexibility index (Phi) is 6.56. The minimum atomic E-state index is -0.199. The van der Waals surface area contributed by atoms with E-state index in [1.807, 2.05) is 32.9 Å². The zero-order chi connectivity index (χ0) is 16.9. The molecule has 2 unspecified atom stereocenters. The van der Waals surface area contributed by atoms with Gasteiger partial charge in [0, 0.05) is 38.8 Å². The molecule has 2 atom stereocenters. The van der Waals surface area contributed by atoms with Crippen molar-refractivity contribution in [1.82, 2.24) is 9.80 Å². The van der Waals surface area contributed by atoms with E-state index in [2.05, 4.69) is 0 Å². The van der Waals surface area contributed by atoms with Gasteiger partial charge in [-0.15, -0.1) is 0 Å². The van der Waals surface area contributed by atoms with Gasteiger partial charge in [-0.25, -0.2) is 0 Å². The molecule has 22 heavy (non-hydrogen) atoms. The summed E-state index contributed by atoms with van der Waals surface area (Å²) < 4.78 is 0. The van der Waals surface area contributed by atoms with Crippen molar-refractivity contribution < 1.29 is 9.59 Å². The van der Waals surface area contributed by atoms with Crippen LogP contribution in [0.5, 0.6) is 0 Å². The van der Waals surface area contributed by atoms with Crippen LogP contribution < -0.4 is 5.73 Å². The quantitative estimate of drug-likeness (QED) is 0.870. The number of carbonyl (C=O) groups is 2. The standard InChI is InChI=1S/C17H27N3O2/c1-6-20(16(21)12(2)13(3)18)11-14-7-9-15(10-8-14)17(22)19(4)5/h7-10,12-13H,6,11,18H2,1-5H3. The molecule has 5 heteroatoms. The number of hydrogen-bond donors (Lipinski definition) is 1. The fourth-order valence-corrected chi connectivity index (χ4v) is 2.09. The minimum Gasteiger partial charge on any atom is -0.345 e. The van der Waals surface area contributed by atoms with Crippen LogP contribution in [0.4, 0.5) is 0 Å². The summed E-state index contributed by atoms with van der Waals surface area (Å²) in [5, 5.41) is 0. The summed E-state index contributed by atoms with van der Waals surface area (Å²) in [6.45, 7) is 6.82. The molecule has 2 amide bonds. The summed E-state index contributed by atoms with van der Waals surface area (Å²) in [5.74, 6) is -0.166. The molecule has 1 rings (SSSR count). The molecule has 0 aliphatic carbocycles. The molecule has 0 bridgehead atoms. The monoisotopic (exact) mass is 305 g/mol. The van der Waals surface area contributed by atoms with Gasteiger partial charge < -0.3 is 15.5 Å². The van der Waals surface area contributed by atoms with E-state index in [4.69, 9.17) is 5.73 Å². The number of carbonyl (C=O) groups excluding carboxylic acids is 2. The number of benzene rings is 1. The van der Waals surface area contributed by atoms with Gasteiger partial charge in [-0.3, -0.25) is 9.59 Å². The van der Waals surface area contributed by atoms with Crippen LogP contribution in [-0.4, -0.2) is 48.3 Å². The van der Waals surface area contributed by atoms with Crippen LogP contribution >= 0.6 is 0 Å². The van der Waals surface area contributed by atoms with Gasteiger partial charge >= 0.3 is 0 Å². The summed E-state index contributed by atoms with van der Waals surface area (Å²) in [7, 11) is 3.45. The third-order valence-corrected chi connectivity index (χ3v) is 3.85. The fourth-order valence-electron chi connectivity index (χ4n) is 2.09. The highest BCUT2D eigenvalue weighted by Gasteiger charge is 2.22. The first-order valence-corrected chi connectivity index (χ1v) is 7.62. The van der Waals surface area contributed by atoms with Gasteiger partial charge in [0.2, 0.25) is 5.91 Å². The van der Waals surface area contributed by atoms with Crippen LogP contribution in [0.1, 0.15) is 36.7 Å². The molecule has 0 saturated heterocycles. The topological polar surface area (TPSA) is 66.6 Å². The molecule has 0 saturated carbocycles. The molecule has 1 aromatic rings. The molecule has 0 aliphatic rings. The van der Waals surface area contributed by atoms with Gasteiger partial charge in [-0.1, -0.05) is 19.1 Å². The van der Waals surface area contributed by atoms with Crippen molar-refractivity contribution in [2.75, 3.05) is 20.6 Å². The lowest BCUT2D eigenvalue weighted by Gasteiger charge is -2.26. The molecule has 2 N–H and O–H groups in total. The SMILES string of the molecule is CCN(Cc1ccc(C(=O)N(C)C)cc1)C(=O)C(C)C(C)N. The number of amides is 2. The molecule has 0 fully saturated rings. The van der Waals surface area contributed by atoms with Crippen molar-refractivity contribution in [2.45, 2.75) is 33.4 Å². The molecule has 0 radical (unpaired) electrons. The van der Waals surface area contributed by atoms with Crippen molar-refractivity contribution in [3.05, 3.63) is 35.4 Å². The van der Waals surface area contributed by atoms with Gasteiger partial charge in [0.1, 0.15) is 0 Å². The maximum Gasteiger partial charge on any atom is 0.253 e. The Bertz CT molecular complexity index is 509. The van der Waals surface area contributed by atoms with E-state index in [9.17, 15) is 9.59 Å². The van der Waals surface area contributed by atoms with Crippen molar-refractivity contribution in [3.63, 3.8) is 0 Å². The summed E-state index contributed by atoms with van der Waals surface area (Å²) >= 11 is 0. The Morgan fingerprint density at radius 2 is 1.68 bits per heavy atom. The van der Waals surface area contributed by atoms with Crippen molar-refractivity contribution in [3.8, 4) is 0 Å². The van der Waals surface area contributed by atoms with E-state index >= 15 is 0 Å². The van der Waals surface area contributed by atoms with Crippen LogP contribution in [0.2, 0.25) is 0 Å². The Morgan fingerprint density at radius 3 is 2.09 bits per heavy atom. The highest BCUT2D eigenvalue weighted by Crippen LogP contribution is 2.12. The summed E-state index contributed by atoms with van der Waals surface area (Å²) in [6.07, 6.45) is 0. The molecule has 0 aliphatic heterocycles. The Balaban J connectivity index is 2.80. The average Bonchev–Trinajstić information content (AvgIpc) is 2.50. The van der Waals surface area contributed by atoms with Crippen molar-refractivity contribution in [1.29, 1.82) is 0 Å². The number of nitrogens with zero attached hydrogens (tertiary/aromatic N) is 2. The number of nitrogens with two attached hydrogens (primary N) is 1. The van der Waals surface area contributed by atoms with E-state index in [0.29, 0.717) is 18.7 Å². The van der Waals surface area contributed by atoms with Crippen LogP contribution in [0.15, 0.2) is 24.3 Å². The minimum absolute atomic E-state index is 0.0273. The lowest BCUT2D eigenvalue weighted by atomic mass is 10.0. The van der Waals surface area contributed by atoms with Gasteiger partial charge in [0.25, 0.3) is 5.91 Å². The smallest absolute Gasteiger partial charge is 0.253 e. The van der Waals surface area contributed by atoms with Crippen LogP contribution in [-0.2, 0) is 11.3 Å². The van der Waals surface area contributed by atoms with E-state index in [0.717, 1.165) is 5.56 Å². The normalized spacial score (nSPS) is 13.4. The van der Waals surface area contributed by atoms with Crippen LogP contribution in [0.3, 0.4) is 0 Å². The van der Waals surface area contributed by atoms with E-state index in [-0.39, 0.29) is 23.8 Å². The second kappa shape index (κ2) is 7.94. The largest absolute Gasteiger partial charge is 0.345 e. The molecule has 122 valence electrons. The second-order valence-corrected chi connectivity index (χ2v) is 5.90. The molecular weight excluding hydrogens is 278 g/mol. The number of hydrogen-bond acceptors (Lipinski definition) is 3. The van der Waals surface area contributed by atoms with E-state index < -0.39 is 0 Å². The van der Waals surface area contributed by atoms with E-state index in [1.54, 1.807) is 36.0 Å². The molecule has 1 aromatic carbocycles. The second-order valence-electron chi connectivity index (χ2n) is 5.90. The zero-order valence-corrected chi connectivity index (χ0v) is 14.2. The number of rotatable bonds is 6. The molecule has 0 aromatic heterocycles. The van der Waals surface area contributed by atoms with Gasteiger partial charge in [0.05, 0.1) is 5.92 Å².